The smallest absolute Gasteiger partial charge is 0.184 e. The van der Waals surface area contributed by atoms with Crippen LogP contribution in [0.3, 0.4) is 0 Å². The van der Waals surface area contributed by atoms with Gasteiger partial charge in [-0.1, -0.05) is 35.5 Å². The number of hydrogen-bond acceptors (Lipinski definition) is 6. The fourth-order valence-corrected chi connectivity index (χ4v) is 2.31. The Balaban J connectivity index is 1.72. The number of anilines is 1. The largest absolute Gasteiger partial charge is 0.382 e. The first-order chi connectivity index (χ1) is 11.4. The first-order valence-corrected chi connectivity index (χ1v) is 7.78. The third-order valence-corrected chi connectivity index (χ3v) is 3.44. The van der Waals surface area contributed by atoms with Gasteiger partial charge in [0.25, 0.3) is 0 Å². The number of benzene rings is 1. The summed E-state index contributed by atoms with van der Waals surface area (Å²) in [5.41, 5.74) is 2.58. The van der Waals surface area contributed by atoms with Crippen molar-refractivity contribution in [3.63, 3.8) is 0 Å². The van der Waals surface area contributed by atoms with Gasteiger partial charge in [0.2, 0.25) is 0 Å². The molecule has 0 radical (unpaired) electrons. The summed E-state index contributed by atoms with van der Waals surface area (Å²) >= 11 is 0. The van der Waals surface area contributed by atoms with E-state index in [-0.39, 0.29) is 0 Å². The average molecular weight is 312 g/mol. The van der Waals surface area contributed by atoms with Crippen LogP contribution >= 0.6 is 0 Å². The fourth-order valence-electron chi connectivity index (χ4n) is 2.31. The normalized spacial score (nSPS) is 11.0. The molecule has 0 atom stereocenters. The monoisotopic (exact) mass is 312 g/mol. The lowest BCUT2D eigenvalue weighted by atomic mass is 10.2. The Kier molecular flexibility index (Phi) is 5.10. The molecular weight excluding hydrogens is 292 g/mol. The molecule has 0 saturated heterocycles. The standard InChI is InChI=1S/C16H20N6O/c1-2-23-10-6-9-17-15-14-16(19-12-18-15)22(21-20-14)11-13-7-4-3-5-8-13/h3-5,7-8,12H,2,6,9-11H2,1H3,(H,17,18,19). The van der Waals surface area contributed by atoms with Gasteiger partial charge in [-0.05, 0) is 18.9 Å². The van der Waals surface area contributed by atoms with Crippen LogP contribution in [0.4, 0.5) is 5.82 Å². The molecule has 2 aromatic heterocycles. The van der Waals surface area contributed by atoms with Crippen molar-refractivity contribution in [3.05, 3.63) is 42.2 Å². The first-order valence-electron chi connectivity index (χ1n) is 7.78. The predicted molar refractivity (Wildman–Crippen MR) is 88.3 cm³/mol. The van der Waals surface area contributed by atoms with Crippen molar-refractivity contribution < 1.29 is 4.74 Å². The number of hydrogen-bond donors (Lipinski definition) is 1. The van der Waals surface area contributed by atoms with Gasteiger partial charge in [-0.2, -0.15) is 0 Å². The van der Waals surface area contributed by atoms with Crippen LogP contribution in [0.25, 0.3) is 11.2 Å². The minimum Gasteiger partial charge on any atom is -0.382 e. The molecule has 0 fully saturated rings. The molecular formula is C16H20N6O. The molecule has 0 spiro atoms. The highest BCUT2D eigenvalue weighted by molar-refractivity contribution is 5.81. The van der Waals surface area contributed by atoms with Crippen molar-refractivity contribution in [2.24, 2.45) is 0 Å². The summed E-state index contributed by atoms with van der Waals surface area (Å²) in [6.07, 6.45) is 2.45. The number of nitrogens with zero attached hydrogens (tertiary/aromatic N) is 5. The molecule has 120 valence electrons. The van der Waals surface area contributed by atoms with Crippen molar-refractivity contribution in [2.75, 3.05) is 25.1 Å². The Bertz CT molecular complexity index is 743. The lowest BCUT2D eigenvalue weighted by Gasteiger charge is -2.06. The number of fused-ring (bicyclic) bond motifs is 1. The summed E-state index contributed by atoms with van der Waals surface area (Å²) in [4.78, 5) is 8.58. The SMILES string of the molecule is CCOCCCNc1ncnc2c1nnn2Cc1ccccc1. The van der Waals surface area contributed by atoms with Crippen molar-refractivity contribution in [3.8, 4) is 0 Å². The fraction of sp³-hybridized carbons (Fsp3) is 0.375. The van der Waals surface area contributed by atoms with Gasteiger partial charge < -0.3 is 10.1 Å². The number of ether oxygens (including phenoxy) is 1. The maximum Gasteiger partial charge on any atom is 0.184 e. The van der Waals surface area contributed by atoms with Gasteiger partial charge >= 0.3 is 0 Å². The summed E-state index contributed by atoms with van der Waals surface area (Å²) in [7, 11) is 0. The van der Waals surface area contributed by atoms with E-state index in [0.717, 1.165) is 37.4 Å². The zero-order valence-corrected chi connectivity index (χ0v) is 13.1. The maximum atomic E-state index is 5.32. The summed E-state index contributed by atoms with van der Waals surface area (Å²) in [5.74, 6) is 0.714. The van der Waals surface area contributed by atoms with Crippen molar-refractivity contribution in [1.29, 1.82) is 0 Å². The Morgan fingerprint density at radius 1 is 1.17 bits per heavy atom. The van der Waals surface area contributed by atoms with E-state index in [1.165, 1.54) is 6.33 Å². The van der Waals surface area contributed by atoms with E-state index in [4.69, 9.17) is 4.74 Å². The van der Waals surface area contributed by atoms with Gasteiger partial charge in [0, 0.05) is 19.8 Å². The van der Waals surface area contributed by atoms with E-state index >= 15 is 0 Å². The molecule has 0 saturated carbocycles. The van der Waals surface area contributed by atoms with Crippen molar-refractivity contribution in [1.82, 2.24) is 25.0 Å². The van der Waals surface area contributed by atoms with Crippen LogP contribution in [-0.2, 0) is 11.3 Å². The second-order valence-corrected chi connectivity index (χ2v) is 5.10. The van der Waals surface area contributed by atoms with Crippen LogP contribution < -0.4 is 5.32 Å². The second kappa shape index (κ2) is 7.64. The molecule has 0 aliphatic heterocycles. The number of aromatic nitrogens is 5. The Morgan fingerprint density at radius 3 is 2.87 bits per heavy atom. The van der Waals surface area contributed by atoms with E-state index < -0.39 is 0 Å². The van der Waals surface area contributed by atoms with E-state index in [1.807, 2.05) is 25.1 Å². The number of nitrogens with one attached hydrogen (secondary N) is 1. The van der Waals surface area contributed by atoms with E-state index in [1.54, 1.807) is 4.68 Å². The molecule has 0 aliphatic carbocycles. The highest BCUT2D eigenvalue weighted by Crippen LogP contribution is 2.16. The molecule has 0 aliphatic rings. The zero-order chi connectivity index (χ0) is 15.9. The topological polar surface area (TPSA) is 77.8 Å². The van der Waals surface area contributed by atoms with Crippen molar-refractivity contribution >= 4 is 17.0 Å². The van der Waals surface area contributed by atoms with E-state index in [9.17, 15) is 0 Å². The molecule has 3 rings (SSSR count). The Labute approximate surface area is 134 Å². The molecule has 7 nitrogen and oxygen atoms in total. The van der Waals surface area contributed by atoms with Crippen LogP contribution in [0.2, 0.25) is 0 Å². The Hall–Kier alpha value is -2.54. The Morgan fingerprint density at radius 2 is 2.04 bits per heavy atom. The molecule has 3 aromatic rings. The molecule has 7 heteroatoms. The minimum absolute atomic E-state index is 0.637. The van der Waals surface area contributed by atoms with Gasteiger partial charge in [-0.3, -0.25) is 0 Å². The van der Waals surface area contributed by atoms with Gasteiger partial charge in [0.15, 0.2) is 17.0 Å². The third-order valence-electron chi connectivity index (χ3n) is 3.44. The van der Waals surface area contributed by atoms with Gasteiger partial charge in [-0.15, -0.1) is 5.10 Å². The molecule has 1 N–H and O–H groups in total. The lowest BCUT2D eigenvalue weighted by molar-refractivity contribution is 0.147. The van der Waals surface area contributed by atoms with Crippen LogP contribution in [0, 0.1) is 0 Å². The van der Waals surface area contributed by atoms with E-state index in [2.05, 4.69) is 37.7 Å². The first kappa shape index (κ1) is 15.4. The lowest BCUT2D eigenvalue weighted by Crippen LogP contribution is -2.08. The molecule has 23 heavy (non-hydrogen) atoms. The summed E-state index contributed by atoms with van der Waals surface area (Å²) in [6, 6.07) is 10.1. The summed E-state index contributed by atoms with van der Waals surface area (Å²) in [6.45, 7) is 4.88. The van der Waals surface area contributed by atoms with Gasteiger partial charge in [-0.25, -0.2) is 14.6 Å². The predicted octanol–water partition coefficient (Wildman–Crippen LogP) is 2.11. The van der Waals surface area contributed by atoms with Crippen LogP contribution in [0.1, 0.15) is 18.9 Å². The van der Waals surface area contributed by atoms with E-state index in [0.29, 0.717) is 17.9 Å². The molecule has 2 heterocycles. The molecule has 0 bridgehead atoms. The molecule has 1 aromatic carbocycles. The third kappa shape index (κ3) is 3.81. The summed E-state index contributed by atoms with van der Waals surface area (Å²) in [5, 5.41) is 11.7. The molecule has 0 amide bonds. The van der Waals surface area contributed by atoms with Gasteiger partial charge in [0.1, 0.15) is 6.33 Å². The van der Waals surface area contributed by atoms with Crippen molar-refractivity contribution in [2.45, 2.75) is 19.9 Å². The quantitative estimate of drug-likeness (QED) is 0.642. The van der Waals surface area contributed by atoms with Gasteiger partial charge in [0.05, 0.1) is 6.54 Å². The zero-order valence-electron chi connectivity index (χ0n) is 13.1. The molecule has 0 unspecified atom stereocenters. The average Bonchev–Trinajstić information content (AvgIpc) is 2.99. The highest BCUT2D eigenvalue weighted by Gasteiger charge is 2.11. The van der Waals surface area contributed by atoms with Crippen LogP contribution in [0.15, 0.2) is 36.7 Å². The van der Waals surface area contributed by atoms with Crippen LogP contribution in [0.5, 0.6) is 0 Å². The van der Waals surface area contributed by atoms with Crippen LogP contribution in [-0.4, -0.2) is 44.7 Å². The minimum atomic E-state index is 0.637. The maximum absolute atomic E-state index is 5.32. The summed E-state index contributed by atoms with van der Waals surface area (Å²) < 4.78 is 7.11. The number of rotatable bonds is 8. The second-order valence-electron chi connectivity index (χ2n) is 5.10. The highest BCUT2D eigenvalue weighted by atomic mass is 16.5.